The van der Waals surface area contributed by atoms with Crippen LogP contribution < -0.4 is 10.1 Å². The molecule has 0 aliphatic rings. The second kappa shape index (κ2) is 8.54. The van der Waals surface area contributed by atoms with Crippen molar-refractivity contribution in [3.05, 3.63) is 65.7 Å². The molecule has 0 fully saturated rings. The molecule has 0 radical (unpaired) electrons. The van der Waals surface area contributed by atoms with Crippen LogP contribution in [0.2, 0.25) is 0 Å². The summed E-state index contributed by atoms with van der Waals surface area (Å²) in [6.07, 6.45) is -0.533. The fourth-order valence-electron chi connectivity index (χ4n) is 2.38. The van der Waals surface area contributed by atoms with E-state index in [2.05, 4.69) is 17.4 Å². The number of hydrogen-bond donors (Lipinski definition) is 2. The summed E-state index contributed by atoms with van der Waals surface area (Å²) in [6, 6.07) is 18.1. The summed E-state index contributed by atoms with van der Waals surface area (Å²) < 4.78 is 10.2. The molecular formula is C18H23NO3. The average Bonchev–Trinajstić information content (AvgIpc) is 2.57. The summed E-state index contributed by atoms with van der Waals surface area (Å²) in [4.78, 5) is 0. The standard InChI is InChI=1S/C18H23NO3/c1-21-13-16(20)12-19-18(14-6-4-3-5-7-14)15-8-10-17(22-2)11-9-15/h3-11,16,18-20H,12-13H2,1-2H3. The summed E-state index contributed by atoms with van der Waals surface area (Å²) in [5.74, 6) is 0.829. The minimum Gasteiger partial charge on any atom is -0.497 e. The van der Waals surface area contributed by atoms with Gasteiger partial charge in [0, 0.05) is 13.7 Å². The lowest BCUT2D eigenvalue weighted by Gasteiger charge is -2.22. The third-order valence-electron chi connectivity index (χ3n) is 3.50. The van der Waals surface area contributed by atoms with E-state index in [0.29, 0.717) is 13.2 Å². The Morgan fingerprint density at radius 1 is 0.955 bits per heavy atom. The zero-order chi connectivity index (χ0) is 15.8. The molecule has 0 bridgehead atoms. The van der Waals surface area contributed by atoms with Gasteiger partial charge < -0.3 is 19.9 Å². The molecule has 118 valence electrons. The third-order valence-corrected chi connectivity index (χ3v) is 3.50. The summed E-state index contributed by atoms with van der Waals surface area (Å²) in [5, 5.41) is 13.3. The molecule has 2 aromatic carbocycles. The van der Waals surface area contributed by atoms with Crippen molar-refractivity contribution in [1.82, 2.24) is 5.32 Å². The highest BCUT2D eigenvalue weighted by molar-refractivity contribution is 5.35. The maximum absolute atomic E-state index is 9.87. The molecular weight excluding hydrogens is 278 g/mol. The highest BCUT2D eigenvalue weighted by atomic mass is 16.5. The molecule has 0 saturated carbocycles. The van der Waals surface area contributed by atoms with E-state index in [0.717, 1.165) is 16.9 Å². The Hall–Kier alpha value is -1.88. The number of hydrogen-bond acceptors (Lipinski definition) is 4. The normalized spacial score (nSPS) is 13.6. The molecule has 4 nitrogen and oxygen atoms in total. The van der Waals surface area contributed by atoms with E-state index in [1.165, 1.54) is 0 Å². The van der Waals surface area contributed by atoms with Crippen LogP contribution in [0.3, 0.4) is 0 Å². The molecule has 0 aliphatic carbocycles. The Labute approximate surface area is 131 Å². The van der Waals surface area contributed by atoms with Crippen molar-refractivity contribution in [2.24, 2.45) is 0 Å². The van der Waals surface area contributed by atoms with Crippen molar-refractivity contribution in [1.29, 1.82) is 0 Å². The number of aliphatic hydroxyl groups excluding tert-OH is 1. The molecule has 0 saturated heterocycles. The molecule has 2 aromatic rings. The summed E-state index contributed by atoms with van der Waals surface area (Å²) in [6.45, 7) is 0.774. The van der Waals surface area contributed by atoms with Gasteiger partial charge in [0.2, 0.25) is 0 Å². The number of ether oxygens (including phenoxy) is 2. The maximum Gasteiger partial charge on any atom is 0.118 e. The van der Waals surface area contributed by atoms with Crippen LogP contribution in [0.1, 0.15) is 17.2 Å². The first-order valence-corrected chi connectivity index (χ1v) is 7.34. The van der Waals surface area contributed by atoms with Gasteiger partial charge in [-0.1, -0.05) is 42.5 Å². The smallest absolute Gasteiger partial charge is 0.118 e. The lowest BCUT2D eigenvalue weighted by Crippen LogP contribution is -2.33. The van der Waals surface area contributed by atoms with E-state index in [-0.39, 0.29) is 6.04 Å². The largest absolute Gasteiger partial charge is 0.497 e. The van der Waals surface area contributed by atoms with Gasteiger partial charge in [-0.05, 0) is 23.3 Å². The minimum atomic E-state index is -0.533. The van der Waals surface area contributed by atoms with Gasteiger partial charge in [0.15, 0.2) is 0 Å². The lowest BCUT2D eigenvalue weighted by atomic mass is 9.98. The van der Waals surface area contributed by atoms with Crippen LogP contribution in [0.4, 0.5) is 0 Å². The number of benzene rings is 2. The predicted octanol–water partition coefficient (Wildman–Crippen LogP) is 2.38. The lowest BCUT2D eigenvalue weighted by molar-refractivity contribution is 0.0634. The van der Waals surface area contributed by atoms with E-state index in [1.54, 1.807) is 14.2 Å². The van der Waals surface area contributed by atoms with Crippen molar-refractivity contribution < 1.29 is 14.6 Å². The molecule has 0 amide bonds. The van der Waals surface area contributed by atoms with Crippen LogP contribution in [0, 0.1) is 0 Å². The number of methoxy groups -OCH3 is 2. The molecule has 0 aromatic heterocycles. The fraction of sp³-hybridized carbons (Fsp3) is 0.333. The SMILES string of the molecule is COCC(O)CNC(c1ccccc1)c1ccc(OC)cc1. The van der Waals surface area contributed by atoms with Gasteiger partial charge >= 0.3 is 0 Å². The second-order valence-electron chi connectivity index (χ2n) is 5.13. The zero-order valence-corrected chi connectivity index (χ0v) is 13.0. The Balaban J connectivity index is 2.17. The van der Waals surface area contributed by atoms with Gasteiger partial charge in [-0.3, -0.25) is 0 Å². The van der Waals surface area contributed by atoms with E-state index < -0.39 is 6.10 Å². The summed E-state index contributed by atoms with van der Waals surface area (Å²) in [5.41, 5.74) is 2.27. The Morgan fingerprint density at radius 2 is 1.59 bits per heavy atom. The molecule has 2 unspecified atom stereocenters. The first kappa shape index (κ1) is 16.5. The van der Waals surface area contributed by atoms with Crippen molar-refractivity contribution in [2.75, 3.05) is 27.4 Å². The Bertz CT molecular complexity index is 542. The molecule has 0 aliphatic heterocycles. The predicted molar refractivity (Wildman–Crippen MR) is 87.2 cm³/mol. The molecule has 2 atom stereocenters. The molecule has 4 heteroatoms. The van der Waals surface area contributed by atoms with Gasteiger partial charge in [-0.15, -0.1) is 0 Å². The van der Waals surface area contributed by atoms with Crippen LogP contribution in [-0.2, 0) is 4.74 Å². The van der Waals surface area contributed by atoms with Crippen molar-refractivity contribution >= 4 is 0 Å². The molecule has 22 heavy (non-hydrogen) atoms. The highest BCUT2D eigenvalue weighted by Crippen LogP contribution is 2.24. The van der Waals surface area contributed by atoms with Crippen molar-refractivity contribution in [3.63, 3.8) is 0 Å². The maximum atomic E-state index is 9.87. The van der Waals surface area contributed by atoms with Gasteiger partial charge in [-0.2, -0.15) is 0 Å². The third kappa shape index (κ3) is 4.56. The van der Waals surface area contributed by atoms with Crippen molar-refractivity contribution in [2.45, 2.75) is 12.1 Å². The minimum absolute atomic E-state index is 0.0126. The topological polar surface area (TPSA) is 50.7 Å². The quantitative estimate of drug-likeness (QED) is 0.786. The number of nitrogens with one attached hydrogen (secondary N) is 1. The summed E-state index contributed by atoms with van der Waals surface area (Å²) >= 11 is 0. The van der Waals surface area contributed by atoms with Crippen LogP contribution in [0.15, 0.2) is 54.6 Å². The first-order valence-electron chi connectivity index (χ1n) is 7.34. The van der Waals surface area contributed by atoms with E-state index in [4.69, 9.17) is 9.47 Å². The van der Waals surface area contributed by atoms with Crippen LogP contribution in [0.5, 0.6) is 5.75 Å². The second-order valence-corrected chi connectivity index (χ2v) is 5.13. The Kier molecular flexibility index (Phi) is 6.40. The van der Waals surface area contributed by atoms with E-state index in [9.17, 15) is 5.11 Å². The summed E-state index contributed by atoms with van der Waals surface area (Å²) in [7, 11) is 3.24. The molecule has 2 rings (SSSR count). The number of rotatable bonds is 8. The van der Waals surface area contributed by atoms with Crippen LogP contribution in [-0.4, -0.2) is 38.6 Å². The van der Waals surface area contributed by atoms with Crippen LogP contribution >= 0.6 is 0 Å². The molecule has 0 spiro atoms. The number of aliphatic hydroxyl groups is 1. The fourth-order valence-corrected chi connectivity index (χ4v) is 2.38. The van der Waals surface area contributed by atoms with Crippen molar-refractivity contribution in [3.8, 4) is 5.75 Å². The molecule has 0 heterocycles. The van der Waals surface area contributed by atoms with Gasteiger partial charge in [-0.25, -0.2) is 0 Å². The monoisotopic (exact) mass is 301 g/mol. The zero-order valence-electron chi connectivity index (χ0n) is 13.0. The average molecular weight is 301 g/mol. The Morgan fingerprint density at radius 3 is 2.18 bits per heavy atom. The van der Waals surface area contributed by atoms with E-state index in [1.807, 2.05) is 42.5 Å². The van der Waals surface area contributed by atoms with Gasteiger partial charge in [0.1, 0.15) is 5.75 Å². The highest BCUT2D eigenvalue weighted by Gasteiger charge is 2.15. The van der Waals surface area contributed by atoms with E-state index >= 15 is 0 Å². The van der Waals surface area contributed by atoms with Gasteiger partial charge in [0.05, 0.1) is 25.9 Å². The molecule has 2 N–H and O–H groups in total. The van der Waals surface area contributed by atoms with Gasteiger partial charge in [0.25, 0.3) is 0 Å². The van der Waals surface area contributed by atoms with Crippen LogP contribution in [0.25, 0.3) is 0 Å². The first-order chi connectivity index (χ1) is 10.7.